The van der Waals surface area contributed by atoms with E-state index >= 15 is 0 Å². The largest absolute Gasteiger partial charge is 0.480 e. The van der Waals surface area contributed by atoms with Crippen LogP contribution in [-0.2, 0) is 11.3 Å². The summed E-state index contributed by atoms with van der Waals surface area (Å²) >= 11 is 1.46. The van der Waals surface area contributed by atoms with E-state index in [9.17, 15) is 14.7 Å². The maximum atomic E-state index is 12.0. The number of hydrogen-bond donors (Lipinski definition) is 3. The molecule has 1 heterocycles. The van der Waals surface area contributed by atoms with Gasteiger partial charge in [-0.1, -0.05) is 13.3 Å². The fraction of sp³-hybridized carbons (Fsp3) is 0.643. The highest BCUT2D eigenvalue weighted by Gasteiger charge is 2.42. The van der Waals surface area contributed by atoms with Crippen molar-refractivity contribution in [2.24, 2.45) is 5.92 Å². The van der Waals surface area contributed by atoms with E-state index in [1.807, 2.05) is 5.38 Å². The van der Waals surface area contributed by atoms with Gasteiger partial charge >= 0.3 is 12.0 Å². The van der Waals surface area contributed by atoms with Gasteiger partial charge in [0.05, 0.1) is 17.7 Å². The lowest BCUT2D eigenvalue weighted by Crippen LogP contribution is -2.58. The predicted octanol–water partition coefficient (Wildman–Crippen LogP) is 2.37. The molecule has 0 aliphatic heterocycles. The van der Waals surface area contributed by atoms with E-state index in [1.54, 1.807) is 5.51 Å². The van der Waals surface area contributed by atoms with Gasteiger partial charge in [-0.15, -0.1) is 11.3 Å². The van der Waals surface area contributed by atoms with Gasteiger partial charge in [-0.05, 0) is 31.6 Å². The zero-order valence-corrected chi connectivity index (χ0v) is 12.9. The molecule has 6 nitrogen and oxygen atoms in total. The lowest BCUT2D eigenvalue weighted by atomic mass is 9.75. The third-order valence-corrected chi connectivity index (χ3v) is 4.85. The number of rotatable bonds is 5. The minimum absolute atomic E-state index is 0.308. The number of carbonyl (C=O) groups is 2. The summed E-state index contributed by atoms with van der Waals surface area (Å²) in [5.41, 5.74) is 1.34. The third kappa shape index (κ3) is 3.93. The molecule has 1 aliphatic rings. The highest BCUT2D eigenvalue weighted by molar-refractivity contribution is 7.07. The van der Waals surface area contributed by atoms with Gasteiger partial charge in [-0.25, -0.2) is 14.6 Å². The van der Waals surface area contributed by atoms with E-state index in [0.29, 0.717) is 25.3 Å². The highest BCUT2D eigenvalue weighted by Crippen LogP contribution is 2.33. The van der Waals surface area contributed by atoms with Crippen LogP contribution in [0.5, 0.6) is 0 Å². The average Bonchev–Trinajstić information content (AvgIpc) is 2.99. The summed E-state index contributed by atoms with van der Waals surface area (Å²) < 4.78 is 0. The van der Waals surface area contributed by atoms with Crippen molar-refractivity contribution in [1.82, 2.24) is 15.6 Å². The molecule has 2 amide bonds. The number of nitrogens with zero attached hydrogens (tertiary/aromatic N) is 1. The second-order valence-corrected chi connectivity index (χ2v) is 6.25. The summed E-state index contributed by atoms with van der Waals surface area (Å²) in [4.78, 5) is 27.6. The number of aliphatic carboxylic acids is 1. The predicted molar refractivity (Wildman–Crippen MR) is 80.1 cm³/mol. The number of carboxylic acids is 1. The molecule has 1 aromatic heterocycles. The molecule has 0 unspecified atom stereocenters. The Morgan fingerprint density at radius 1 is 1.48 bits per heavy atom. The molecule has 0 aromatic carbocycles. The molecule has 0 bridgehead atoms. The summed E-state index contributed by atoms with van der Waals surface area (Å²) in [5, 5.41) is 16.7. The monoisotopic (exact) mass is 311 g/mol. The van der Waals surface area contributed by atoms with Gasteiger partial charge in [0.25, 0.3) is 0 Å². The van der Waals surface area contributed by atoms with Crippen LogP contribution in [0.2, 0.25) is 0 Å². The molecule has 7 heteroatoms. The average molecular weight is 311 g/mol. The molecule has 1 aromatic rings. The van der Waals surface area contributed by atoms with Crippen LogP contribution >= 0.6 is 11.3 Å². The van der Waals surface area contributed by atoms with Crippen molar-refractivity contribution >= 4 is 23.3 Å². The molecular weight excluding hydrogens is 290 g/mol. The van der Waals surface area contributed by atoms with Crippen molar-refractivity contribution in [1.29, 1.82) is 0 Å². The standard InChI is InChI=1S/C14H21N3O3S/c1-2-10-3-5-14(6-4-10,12(18)19)17-13(20)15-7-11-8-21-9-16-11/h8-10H,2-7H2,1H3,(H,18,19)(H2,15,17,20). The maximum absolute atomic E-state index is 12.0. The van der Waals surface area contributed by atoms with Crippen LogP contribution in [-0.4, -0.2) is 27.6 Å². The van der Waals surface area contributed by atoms with Crippen LogP contribution in [0.3, 0.4) is 0 Å². The highest BCUT2D eigenvalue weighted by atomic mass is 32.1. The van der Waals surface area contributed by atoms with Gasteiger partial charge in [0.1, 0.15) is 5.54 Å². The molecular formula is C14H21N3O3S. The summed E-state index contributed by atoms with van der Waals surface area (Å²) in [6.07, 6.45) is 3.73. The zero-order chi connectivity index (χ0) is 15.3. The van der Waals surface area contributed by atoms with Crippen molar-refractivity contribution in [3.63, 3.8) is 0 Å². The van der Waals surface area contributed by atoms with Crippen molar-refractivity contribution in [2.45, 2.75) is 51.1 Å². The number of hydrogen-bond acceptors (Lipinski definition) is 4. The minimum Gasteiger partial charge on any atom is -0.480 e. The van der Waals surface area contributed by atoms with E-state index in [1.165, 1.54) is 11.3 Å². The molecule has 3 N–H and O–H groups in total. The first-order valence-electron chi connectivity index (χ1n) is 7.22. The first kappa shape index (κ1) is 15.8. The lowest BCUT2D eigenvalue weighted by Gasteiger charge is -2.37. The van der Waals surface area contributed by atoms with Crippen LogP contribution in [0, 0.1) is 5.92 Å². The van der Waals surface area contributed by atoms with Crippen molar-refractivity contribution in [2.75, 3.05) is 0 Å². The summed E-state index contributed by atoms with van der Waals surface area (Å²) in [5.74, 6) is -0.377. The Hall–Kier alpha value is -1.63. The molecule has 0 spiro atoms. The SMILES string of the molecule is CCC1CCC(NC(=O)NCc2cscn2)(C(=O)O)CC1. The molecule has 2 rings (SSSR count). The molecule has 21 heavy (non-hydrogen) atoms. The van der Waals surface area contributed by atoms with E-state index in [4.69, 9.17) is 0 Å². The minimum atomic E-state index is -1.13. The van der Waals surface area contributed by atoms with E-state index in [2.05, 4.69) is 22.5 Å². The van der Waals surface area contributed by atoms with Gasteiger partial charge < -0.3 is 15.7 Å². The summed E-state index contributed by atoms with van der Waals surface area (Å²) in [6.45, 7) is 2.43. The van der Waals surface area contributed by atoms with Crippen LogP contribution in [0.1, 0.15) is 44.7 Å². The van der Waals surface area contributed by atoms with Crippen molar-refractivity contribution in [3.8, 4) is 0 Å². The lowest BCUT2D eigenvalue weighted by molar-refractivity contribution is -0.146. The number of thiazole rings is 1. The van der Waals surface area contributed by atoms with Gasteiger partial charge in [-0.3, -0.25) is 0 Å². The van der Waals surface area contributed by atoms with Crippen LogP contribution in [0.25, 0.3) is 0 Å². The Morgan fingerprint density at radius 3 is 2.71 bits per heavy atom. The quantitative estimate of drug-likeness (QED) is 0.778. The van der Waals surface area contributed by atoms with E-state index < -0.39 is 17.5 Å². The Kier molecular flexibility index (Phi) is 5.17. The maximum Gasteiger partial charge on any atom is 0.329 e. The van der Waals surface area contributed by atoms with Crippen molar-refractivity contribution in [3.05, 3.63) is 16.6 Å². The Bertz CT molecular complexity index is 482. The number of urea groups is 1. The smallest absolute Gasteiger partial charge is 0.329 e. The molecule has 1 fully saturated rings. The molecule has 116 valence electrons. The van der Waals surface area contributed by atoms with Gasteiger partial charge in [0, 0.05) is 5.38 Å². The van der Waals surface area contributed by atoms with Crippen LogP contribution in [0.15, 0.2) is 10.9 Å². The second kappa shape index (κ2) is 6.89. The Labute approximate surface area is 128 Å². The molecule has 1 aliphatic carbocycles. The fourth-order valence-electron chi connectivity index (χ4n) is 2.73. The Balaban J connectivity index is 1.90. The number of carboxylic acid groups (broad SMARTS) is 1. The number of aromatic nitrogens is 1. The summed E-state index contributed by atoms with van der Waals surface area (Å²) in [7, 11) is 0. The fourth-order valence-corrected chi connectivity index (χ4v) is 3.29. The van der Waals surface area contributed by atoms with Crippen LogP contribution < -0.4 is 10.6 Å². The van der Waals surface area contributed by atoms with Gasteiger partial charge in [0.15, 0.2) is 0 Å². The van der Waals surface area contributed by atoms with Crippen LogP contribution in [0.4, 0.5) is 4.79 Å². The topological polar surface area (TPSA) is 91.3 Å². The van der Waals surface area contributed by atoms with Gasteiger partial charge in [0.2, 0.25) is 0 Å². The Morgan fingerprint density at radius 2 is 2.19 bits per heavy atom. The van der Waals surface area contributed by atoms with Crippen molar-refractivity contribution < 1.29 is 14.7 Å². The molecule has 0 atom stereocenters. The van der Waals surface area contributed by atoms with Gasteiger partial charge in [-0.2, -0.15) is 0 Å². The zero-order valence-electron chi connectivity index (χ0n) is 12.1. The number of amides is 2. The normalized spacial score (nSPS) is 25.3. The number of carbonyl (C=O) groups excluding carboxylic acids is 1. The second-order valence-electron chi connectivity index (χ2n) is 5.53. The number of nitrogens with one attached hydrogen (secondary N) is 2. The first-order chi connectivity index (χ1) is 10.1. The summed E-state index contributed by atoms with van der Waals surface area (Å²) in [6, 6.07) is -0.444. The third-order valence-electron chi connectivity index (χ3n) is 4.21. The molecule has 1 saturated carbocycles. The van der Waals surface area contributed by atoms with E-state index in [-0.39, 0.29) is 0 Å². The first-order valence-corrected chi connectivity index (χ1v) is 8.16. The van der Waals surface area contributed by atoms with E-state index in [0.717, 1.165) is 25.0 Å². The molecule has 0 radical (unpaired) electrons. The molecule has 0 saturated heterocycles.